The van der Waals surface area contributed by atoms with Crippen molar-refractivity contribution in [1.82, 2.24) is 0 Å². The number of ether oxygens (including phenoxy) is 1. The van der Waals surface area contributed by atoms with Gasteiger partial charge in [-0.2, -0.15) is 13.2 Å². The van der Waals surface area contributed by atoms with Crippen LogP contribution < -0.4 is 4.74 Å². The second kappa shape index (κ2) is 14.2. The van der Waals surface area contributed by atoms with Gasteiger partial charge in [0.1, 0.15) is 5.82 Å². The molecule has 4 aromatic rings. The van der Waals surface area contributed by atoms with Crippen molar-refractivity contribution in [3.05, 3.63) is 112 Å². The average Bonchev–Trinajstić information content (AvgIpc) is 2.95. The first kappa shape index (κ1) is 30.1. The van der Waals surface area contributed by atoms with Crippen molar-refractivity contribution in [2.75, 3.05) is 6.61 Å². The van der Waals surface area contributed by atoms with Crippen LogP contribution in [0.25, 0.3) is 10.8 Å². The molecule has 0 saturated heterocycles. The molecule has 0 bridgehead atoms. The number of fused-ring (bicyclic) bond motifs is 1. The van der Waals surface area contributed by atoms with Gasteiger partial charge in [0.2, 0.25) is 0 Å². The van der Waals surface area contributed by atoms with Crippen LogP contribution in [0.5, 0.6) is 5.75 Å². The second-order valence-electron chi connectivity index (χ2n) is 10.3. The molecule has 0 radical (unpaired) electrons. The van der Waals surface area contributed by atoms with Gasteiger partial charge in [-0.3, -0.25) is 0 Å². The van der Waals surface area contributed by atoms with Crippen LogP contribution in [0.4, 0.5) is 22.0 Å². The molecule has 0 heterocycles. The van der Waals surface area contributed by atoms with Gasteiger partial charge in [-0.1, -0.05) is 93.0 Å². The normalized spacial score (nSPS) is 11.4. The van der Waals surface area contributed by atoms with Gasteiger partial charge in [-0.25, -0.2) is 8.78 Å². The van der Waals surface area contributed by atoms with E-state index in [0.29, 0.717) is 5.39 Å². The van der Waals surface area contributed by atoms with E-state index in [2.05, 4.69) is 47.8 Å². The lowest BCUT2D eigenvalue weighted by atomic mass is 9.98. The van der Waals surface area contributed by atoms with Gasteiger partial charge in [-0.15, -0.1) is 0 Å². The van der Waals surface area contributed by atoms with E-state index in [1.54, 1.807) is 18.2 Å². The molecule has 4 rings (SSSR count). The highest BCUT2D eigenvalue weighted by molar-refractivity contribution is 5.85. The summed E-state index contributed by atoms with van der Waals surface area (Å²) < 4.78 is 70.7. The smallest absolute Gasteiger partial charge is 0.422 e. The first-order valence-electron chi connectivity index (χ1n) is 14.0. The highest BCUT2D eigenvalue weighted by Crippen LogP contribution is 2.24. The fourth-order valence-corrected chi connectivity index (χ4v) is 4.68. The van der Waals surface area contributed by atoms with E-state index < -0.39 is 30.2 Å². The monoisotopic (exact) mass is 564 g/mol. The Morgan fingerprint density at radius 1 is 0.683 bits per heavy atom. The van der Waals surface area contributed by atoms with Crippen molar-refractivity contribution < 1.29 is 26.7 Å². The van der Waals surface area contributed by atoms with E-state index in [0.717, 1.165) is 42.3 Å². The minimum atomic E-state index is -4.57. The molecule has 0 aliphatic carbocycles. The zero-order valence-electron chi connectivity index (χ0n) is 23.1. The SMILES string of the molecule is CCCCCCCc1ccc(CCc2ccc3c(F)c(C#Cc4ccc(OCC(F)(F)F)c(F)c4)ccc3c2)cc1. The van der Waals surface area contributed by atoms with Gasteiger partial charge in [0.25, 0.3) is 0 Å². The summed E-state index contributed by atoms with van der Waals surface area (Å²) in [6.07, 6.45) is 4.68. The molecule has 0 N–H and O–H groups in total. The predicted octanol–water partition coefficient (Wildman–Crippen LogP) is 9.76. The molecule has 0 amide bonds. The molecule has 0 unspecified atom stereocenters. The largest absolute Gasteiger partial charge is 0.481 e. The average molecular weight is 565 g/mol. The third kappa shape index (κ3) is 9.08. The van der Waals surface area contributed by atoms with E-state index in [1.165, 1.54) is 49.3 Å². The summed E-state index contributed by atoms with van der Waals surface area (Å²) >= 11 is 0. The summed E-state index contributed by atoms with van der Waals surface area (Å²) in [5.74, 6) is 3.40. The maximum absolute atomic E-state index is 15.2. The van der Waals surface area contributed by atoms with Gasteiger partial charge in [0.15, 0.2) is 18.2 Å². The zero-order chi connectivity index (χ0) is 29.2. The van der Waals surface area contributed by atoms with Gasteiger partial charge >= 0.3 is 6.18 Å². The van der Waals surface area contributed by atoms with Crippen molar-refractivity contribution >= 4 is 10.8 Å². The summed E-state index contributed by atoms with van der Waals surface area (Å²) in [7, 11) is 0. The fourth-order valence-electron chi connectivity index (χ4n) is 4.68. The number of halogens is 5. The number of alkyl halides is 3. The lowest BCUT2D eigenvalue weighted by Crippen LogP contribution is -2.19. The van der Waals surface area contributed by atoms with E-state index in [-0.39, 0.29) is 11.1 Å². The van der Waals surface area contributed by atoms with Gasteiger partial charge in [0.05, 0.1) is 5.56 Å². The van der Waals surface area contributed by atoms with Crippen LogP contribution in [-0.2, 0) is 19.3 Å². The van der Waals surface area contributed by atoms with E-state index in [9.17, 15) is 17.6 Å². The van der Waals surface area contributed by atoms with E-state index in [4.69, 9.17) is 0 Å². The van der Waals surface area contributed by atoms with Crippen LogP contribution in [0.1, 0.15) is 66.8 Å². The van der Waals surface area contributed by atoms with Crippen LogP contribution in [-0.4, -0.2) is 12.8 Å². The summed E-state index contributed by atoms with van der Waals surface area (Å²) in [5, 5.41) is 1.20. The second-order valence-corrected chi connectivity index (χ2v) is 10.3. The van der Waals surface area contributed by atoms with Gasteiger partial charge < -0.3 is 4.74 Å². The van der Waals surface area contributed by atoms with Gasteiger partial charge in [0, 0.05) is 10.9 Å². The highest BCUT2D eigenvalue weighted by Gasteiger charge is 2.28. The minimum Gasteiger partial charge on any atom is -0.481 e. The Morgan fingerprint density at radius 2 is 1.37 bits per heavy atom. The van der Waals surface area contributed by atoms with Crippen LogP contribution >= 0.6 is 0 Å². The van der Waals surface area contributed by atoms with E-state index >= 15 is 4.39 Å². The maximum Gasteiger partial charge on any atom is 0.422 e. The van der Waals surface area contributed by atoms with Crippen LogP contribution in [0, 0.1) is 23.5 Å². The number of aryl methyl sites for hydroxylation is 3. The first-order chi connectivity index (χ1) is 19.7. The topological polar surface area (TPSA) is 9.23 Å². The Hall–Kier alpha value is -3.85. The molecular weight excluding hydrogens is 531 g/mol. The molecule has 0 spiro atoms. The Balaban J connectivity index is 1.36. The third-order valence-electron chi connectivity index (χ3n) is 6.98. The van der Waals surface area contributed by atoms with E-state index in [1.807, 2.05) is 12.1 Å². The third-order valence-corrected chi connectivity index (χ3v) is 6.98. The molecule has 0 aliphatic heterocycles. The zero-order valence-corrected chi connectivity index (χ0v) is 23.1. The Bertz CT molecular complexity index is 1510. The van der Waals surface area contributed by atoms with Crippen LogP contribution in [0.3, 0.4) is 0 Å². The molecule has 41 heavy (non-hydrogen) atoms. The first-order valence-corrected chi connectivity index (χ1v) is 14.0. The molecule has 1 nitrogen and oxygen atoms in total. The number of rotatable bonds is 11. The lowest BCUT2D eigenvalue weighted by Gasteiger charge is -2.09. The molecule has 0 atom stereocenters. The number of unbranched alkanes of at least 4 members (excludes halogenated alkanes) is 4. The molecule has 0 aliphatic rings. The summed E-state index contributed by atoms with van der Waals surface area (Å²) in [4.78, 5) is 0. The highest BCUT2D eigenvalue weighted by atomic mass is 19.4. The summed E-state index contributed by atoms with van der Waals surface area (Å²) in [6.45, 7) is 0.636. The molecular formula is C35H33F5O. The van der Waals surface area contributed by atoms with Crippen molar-refractivity contribution in [1.29, 1.82) is 0 Å². The molecule has 6 heteroatoms. The summed E-state index contributed by atoms with van der Waals surface area (Å²) in [5.41, 5.74) is 4.10. The van der Waals surface area contributed by atoms with Crippen molar-refractivity contribution in [2.45, 2.75) is 64.5 Å². The molecule has 0 aromatic heterocycles. The lowest BCUT2D eigenvalue weighted by molar-refractivity contribution is -0.153. The van der Waals surface area contributed by atoms with Gasteiger partial charge in [-0.05, 0) is 72.0 Å². The van der Waals surface area contributed by atoms with Crippen molar-refractivity contribution in [3.63, 3.8) is 0 Å². The Labute approximate surface area is 238 Å². The Kier molecular flexibility index (Phi) is 10.4. The molecule has 214 valence electrons. The van der Waals surface area contributed by atoms with Crippen LogP contribution in [0.2, 0.25) is 0 Å². The van der Waals surface area contributed by atoms with Crippen molar-refractivity contribution in [2.24, 2.45) is 0 Å². The quantitative estimate of drug-likeness (QED) is 0.100. The fraction of sp³-hybridized carbons (Fsp3) is 0.314. The van der Waals surface area contributed by atoms with Crippen molar-refractivity contribution in [3.8, 4) is 17.6 Å². The predicted molar refractivity (Wildman–Crippen MR) is 154 cm³/mol. The standard InChI is InChI=1S/C35H33F5O/c1-2-3-4-5-6-7-25-8-10-26(11-9-25)12-13-27-15-20-31-30(22-27)19-18-29(34(31)37)17-14-28-16-21-33(32(36)23-28)41-24-35(38,39)40/h8-11,15-16,18-23H,2-7,12-13,24H2,1H3. The molecule has 0 fully saturated rings. The summed E-state index contributed by atoms with van der Waals surface area (Å²) in [6, 6.07) is 21.2. The molecule has 4 aromatic carbocycles. The number of hydrogen-bond donors (Lipinski definition) is 0. The number of benzene rings is 4. The maximum atomic E-state index is 15.2. The molecule has 0 saturated carbocycles. The Morgan fingerprint density at radius 3 is 2.07 bits per heavy atom. The minimum absolute atomic E-state index is 0.147. The number of hydrogen-bond acceptors (Lipinski definition) is 1. The van der Waals surface area contributed by atoms with Crippen LogP contribution in [0.15, 0.2) is 72.8 Å².